The van der Waals surface area contributed by atoms with Crippen molar-refractivity contribution in [1.82, 2.24) is 5.32 Å². The molecular formula is C9H20N2OS. The molecule has 13 heavy (non-hydrogen) atoms. The maximum absolute atomic E-state index is 11.3. The Morgan fingerprint density at radius 3 is 2.77 bits per heavy atom. The van der Waals surface area contributed by atoms with Crippen molar-refractivity contribution in [3.63, 3.8) is 0 Å². The van der Waals surface area contributed by atoms with Gasteiger partial charge in [-0.1, -0.05) is 13.3 Å². The Hall–Kier alpha value is -0.220. The molecule has 1 unspecified atom stereocenters. The highest BCUT2D eigenvalue weighted by atomic mass is 32.2. The second-order valence-electron chi connectivity index (χ2n) is 3.06. The van der Waals surface area contributed by atoms with Crippen LogP contribution in [0.1, 0.15) is 19.8 Å². The largest absolute Gasteiger partial charge is 0.355 e. The van der Waals surface area contributed by atoms with Crippen LogP contribution in [0.4, 0.5) is 0 Å². The summed E-state index contributed by atoms with van der Waals surface area (Å²) in [5, 5.41) is 2.87. The van der Waals surface area contributed by atoms with E-state index < -0.39 is 0 Å². The van der Waals surface area contributed by atoms with E-state index in [2.05, 4.69) is 12.2 Å². The minimum atomic E-state index is 0.131. The number of nitrogens with one attached hydrogen (secondary N) is 1. The van der Waals surface area contributed by atoms with Crippen LogP contribution < -0.4 is 11.1 Å². The molecule has 0 aromatic carbocycles. The lowest BCUT2D eigenvalue weighted by atomic mass is 10.0. The number of nitrogens with two attached hydrogens (primary N) is 1. The van der Waals surface area contributed by atoms with E-state index in [-0.39, 0.29) is 5.91 Å². The third-order valence-corrected chi connectivity index (χ3v) is 2.63. The molecular weight excluding hydrogens is 184 g/mol. The fraction of sp³-hybridized carbons (Fsp3) is 0.889. The number of amides is 1. The summed E-state index contributed by atoms with van der Waals surface area (Å²) in [4.78, 5) is 11.3. The van der Waals surface area contributed by atoms with Gasteiger partial charge in [0.2, 0.25) is 5.91 Å². The summed E-state index contributed by atoms with van der Waals surface area (Å²) in [6.07, 6.45) is 3.58. The van der Waals surface area contributed by atoms with Crippen LogP contribution in [0.2, 0.25) is 0 Å². The molecule has 1 atom stereocenters. The van der Waals surface area contributed by atoms with E-state index >= 15 is 0 Å². The Kier molecular flexibility index (Phi) is 8.24. The van der Waals surface area contributed by atoms with Gasteiger partial charge in [0, 0.05) is 18.7 Å². The van der Waals surface area contributed by atoms with Crippen LogP contribution in [0.15, 0.2) is 0 Å². The van der Waals surface area contributed by atoms with Crippen molar-refractivity contribution in [2.75, 3.05) is 25.1 Å². The topological polar surface area (TPSA) is 55.1 Å². The standard InChI is InChI=1S/C9H20N2OS/c1-3-8(7-10)6-9(12)11-4-5-13-2/h8H,3-7,10H2,1-2H3,(H,11,12). The predicted molar refractivity (Wildman–Crippen MR) is 58.8 cm³/mol. The van der Waals surface area contributed by atoms with Crippen LogP contribution in [0, 0.1) is 5.92 Å². The summed E-state index contributed by atoms with van der Waals surface area (Å²) in [5.41, 5.74) is 5.50. The maximum atomic E-state index is 11.3. The minimum absolute atomic E-state index is 0.131. The van der Waals surface area contributed by atoms with Gasteiger partial charge in [-0.25, -0.2) is 0 Å². The SMILES string of the molecule is CCC(CN)CC(=O)NCCSC. The highest BCUT2D eigenvalue weighted by molar-refractivity contribution is 7.98. The summed E-state index contributed by atoms with van der Waals surface area (Å²) in [7, 11) is 0. The smallest absolute Gasteiger partial charge is 0.220 e. The van der Waals surface area contributed by atoms with Crippen molar-refractivity contribution >= 4 is 17.7 Å². The number of hydrogen-bond acceptors (Lipinski definition) is 3. The predicted octanol–water partition coefficient (Wildman–Crippen LogP) is 0.841. The molecule has 0 bridgehead atoms. The molecule has 0 aliphatic carbocycles. The first-order valence-electron chi connectivity index (χ1n) is 4.70. The summed E-state index contributed by atoms with van der Waals surface area (Å²) in [5.74, 6) is 1.45. The van der Waals surface area contributed by atoms with Gasteiger partial charge >= 0.3 is 0 Å². The monoisotopic (exact) mass is 204 g/mol. The Bertz CT molecular complexity index is 138. The zero-order chi connectivity index (χ0) is 10.1. The van der Waals surface area contributed by atoms with Crippen LogP contribution in [0.3, 0.4) is 0 Å². The first kappa shape index (κ1) is 12.8. The minimum Gasteiger partial charge on any atom is -0.355 e. The van der Waals surface area contributed by atoms with Gasteiger partial charge in [-0.05, 0) is 18.7 Å². The molecule has 0 heterocycles. The molecule has 0 aliphatic heterocycles. The van der Waals surface area contributed by atoms with Crippen molar-refractivity contribution < 1.29 is 4.79 Å². The van der Waals surface area contributed by atoms with E-state index in [0.717, 1.165) is 18.7 Å². The normalized spacial score (nSPS) is 12.5. The molecule has 0 aliphatic rings. The van der Waals surface area contributed by atoms with E-state index in [1.807, 2.05) is 6.26 Å². The fourth-order valence-electron chi connectivity index (χ4n) is 1.02. The van der Waals surface area contributed by atoms with Gasteiger partial charge in [0.15, 0.2) is 0 Å². The average Bonchev–Trinajstić information content (AvgIpc) is 2.14. The summed E-state index contributed by atoms with van der Waals surface area (Å²) >= 11 is 1.73. The molecule has 0 saturated carbocycles. The zero-order valence-corrected chi connectivity index (χ0v) is 9.32. The first-order valence-corrected chi connectivity index (χ1v) is 6.09. The number of carbonyl (C=O) groups is 1. The van der Waals surface area contributed by atoms with E-state index in [9.17, 15) is 4.79 Å². The number of rotatable bonds is 7. The molecule has 1 amide bonds. The van der Waals surface area contributed by atoms with Gasteiger partial charge < -0.3 is 11.1 Å². The molecule has 0 spiro atoms. The Morgan fingerprint density at radius 1 is 1.62 bits per heavy atom. The van der Waals surface area contributed by atoms with E-state index in [0.29, 0.717) is 18.9 Å². The van der Waals surface area contributed by atoms with E-state index in [1.165, 1.54) is 0 Å². The molecule has 0 fully saturated rings. The van der Waals surface area contributed by atoms with Crippen LogP contribution in [0.5, 0.6) is 0 Å². The molecule has 3 nitrogen and oxygen atoms in total. The second-order valence-corrected chi connectivity index (χ2v) is 4.04. The van der Waals surface area contributed by atoms with Gasteiger partial charge in [-0.15, -0.1) is 0 Å². The van der Waals surface area contributed by atoms with Crippen molar-refractivity contribution in [3.8, 4) is 0 Å². The molecule has 3 N–H and O–H groups in total. The maximum Gasteiger partial charge on any atom is 0.220 e. The highest BCUT2D eigenvalue weighted by Crippen LogP contribution is 2.05. The third kappa shape index (κ3) is 6.90. The lowest BCUT2D eigenvalue weighted by Gasteiger charge is -2.11. The number of carbonyl (C=O) groups excluding carboxylic acids is 1. The Balaban J connectivity index is 3.48. The molecule has 0 aromatic rings. The molecule has 78 valence electrons. The van der Waals surface area contributed by atoms with E-state index in [1.54, 1.807) is 11.8 Å². The van der Waals surface area contributed by atoms with Crippen LogP contribution >= 0.6 is 11.8 Å². The van der Waals surface area contributed by atoms with Gasteiger partial charge in [0.25, 0.3) is 0 Å². The number of hydrogen-bond donors (Lipinski definition) is 2. The van der Waals surface area contributed by atoms with Crippen molar-refractivity contribution in [2.24, 2.45) is 11.7 Å². The number of thioether (sulfide) groups is 1. The van der Waals surface area contributed by atoms with E-state index in [4.69, 9.17) is 5.73 Å². The summed E-state index contributed by atoms with van der Waals surface area (Å²) in [6.45, 7) is 3.43. The molecule has 0 aromatic heterocycles. The zero-order valence-electron chi connectivity index (χ0n) is 8.51. The van der Waals surface area contributed by atoms with Gasteiger partial charge in [0.05, 0.1) is 0 Å². The van der Waals surface area contributed by atoms with Gasteiger partial charge in [-0.2, -0.15) is 11.8 Å². The Labute approximate surface area is 84.8 Å². The van der Waals surface area contributed by atoms with Crippen LogP contribution in [-0.2, 0) is 4.79 Å². The first-order chi connectivity index (χ1) is 6.24. The quantitative estimate of drug-likeness (QED) is 0.604. The van der Waals surface area contributed by atoms with Crippen molar-refractivity contribution in [3.05, 3.63) is 0 Å². The lowest BCUT2D eigenvalue weighted by Crippen LogP contribution is -2.29. The van der Waals surface area contributed by atoms with Crippen LogP contribution in [0.25, 0.3) is 0 Å². The third-order valence-electron chi connectivity index (χ3n) is 2.01. The Morgan fingerprint density at radius 2 is 2.31 bits per heavy atom. The molecule has 0 rings (SSSR count). The molecule has 4 heteroatoms. The van der Waals surface area contributed by atoms with Gasteiger partial charge in [0.1, 0.15) is 0 Å². The molecule has 0 radical (unpaired) electrons. The fourth-order valence-corrected chi connectivity index (χ4v) is 1.33. The van der Waals surface area contributed by atoms with Crippen LogP contribution in [-0.4, -0.2) is 31.0 Å². The van der Waals surface area contributed by atoms with Crippen molar-refractivity contribution in [2.45, 2.75) is 19.8 Å². The summed E-state index contributed by atoms with van der Waals surface area (Å²) < 4.78 is 0. The van der Waals surface area contributed by atoms with Gasteiger partial charge in [-0.3, -0.25) is 4.79 Å². The second kappa shape index (κ2) is 8.38. The summed E-state index contributed by atoms with van der Waals surface area (Å²) in [6, 6.07) is 0. The van der Waals surface area contributed by atoms with Crippen molar-refractivity contribution in [1.29, 1.82) is 0 Å². The average molecular weight is 204 g/mol. The molecule has 0 saturated heterocycles. The lowest BCUT2D eigenvalue weighted by molar-refractivity contribution is -0.121. The highest BCUT2D eigenvalue weighted by Gasteiger charge is 2.09.